The minimum Gasteiger partial charge on any atom is -0.466 e. The van der Waals surface area contributed by atoms with Crippen LogP contribution in [0.15, 0.2) is 16.6 Å². The highest BCUT2D eigenvalue weighted by Crippen LogP contribution is 2.35. The molecule has 0 aliphatic carbocycles. The van der Waals surface area contributed by atoms with Gasteiger partial charge >= 0.3 is 0 Å². The first kappa shape index (κ1) is 14.0. The predicted octanol–water partition coefficient (Wildman–Crippen LogP) is 2.23. The SMILES string of the molecule is COCOc1cc(C=O)cc(OCOC)c1Br. The fraction of sp³-hybridized carbons (Fsp3) is 0.364. The van der Waals surface area contributed by atoms with Gasteiger partial charge in [-0.15, -0.1) is 0 Å². The Morgan fingerprint density at radius 3 is 1.94 bits per heavy atom. The summed E-state index contributed by atoms with van der Waals surface area (Å²) in [6.45, 7) is 0.176. The highest BCUT2D eigenvalue weighted by atomic mass is 79.9. The molecule has 0 unspecified atom stereocenters. The van der Waals surface area contributed by atoms with E-state index in [9.17, 15) is 4.79 Å². The van der Waals surface area contributed by atoms with Crippen molar-refractivity contribution in [3.8, 4) is 11.5 Å². The Kier molecular flexibility index (Phi) is 5.96. The van der Waals surface area contributed by atoms with Crippen LogP contribution in [-0.2, 0) is 9.47 Å². The smallest absolute Gasteiger partial charge is 0.188 e. The first-order valence-corrected chi connectivity index (χ1v) is 5.54. The third kappa shape index (κ3) is 3.99. The highest BCUT2D eigenvalue weighted by Gasteiger charge is 2.11. The van der Waals surface area contributed by atoms with Gasteiger partial charge in [-0.3, -0.25) is 4.79 Å². The number of aldehydes is 1. The molecule has 5 nitrogen and oxygen atoms in total. The molecule has 0 aromatic heterocycles. The standard InChI is InChI=1S/C11H13BrO5/c1-14-6-16-9-3-8(5-13)4-10(11(9)12)17-7-15-2/h3-5H,6-7H2,1-2H3. The molecular formula is C11H13BrO5. The van der Waals surface area contributed by atoms with Crippen LogP contribution < -0.4 is 9.47 Å². The van der Waals surface area contributed by atoms with E-state index >= 15 is 0 Å². The van der Waals surface area contributed by atoms with Crippen LogP contribution in [0, 0.1) is 0 Å². The van der Waals surface area contributed by atoms with Gasteiger partial charge in [0.2, 0.25) is 0 Å². The first-order valence-electron chi connectivity index (χ1n) is 4.75. The van der Waals surface area contributed by atoms with E-state index in [1.54, 1.807) is 12.1 Å². The third-order valence-corrected chi connectivity index (χ3v) is 2.61. The van der Waals surface area contributed by atoms with Gasteiger partial charge in [-0.25, -0.2) is 0 Å². The molecule has 1 aromatic carbocycles. The van der Waals surface area contributed by atoms with Crippen molar-refractivity contribution in [3.05, 3.63) is 22.2 Å². The van der Waals surface area contributed by atoms with E-state index in [0.717, 1.165) is 0 Å². The van der Waals surface area contributed by atoms with Crippen LogP contribution in [0.1, 0.15) is 10.4 Å². The lowest BCUT2D eigenvalue weighted by atomic mass is 10.2. The van der Waals surface area contributed by atoms with Crippen molar-refractivity contribution in [3.63, 3.8) is 0 Å². The minimum absolute atomic E-state index is 0.0879. The second kappa shape index (κ2) is 7.26. The van der Waals surface area contributed by atoms with Gasteiger partial charge < -0.3 is 18.9 Å². The highest BCUT2D eigenvalue weighted by molar-refractivity contribution is 9.10. The van der Waals surface area contributed by atoms with Crippen LogP contribution in [0.25, 0.3) is 0 Å². The lowest BCUT2D eigenvalue weighted by Gasteiger charge is -2.12. The Labute approximate surface area is 108 Å². The van der Waals surface area contributed by atoms with Gasteiger partial charge in [-0.1, -0.05) is 0 Å². The van der Waals surface area contributed by atoms with Crippen molar-refractivity contribution in [1.29, 1.82) is 0 Å². The molecular weight excluding hydrogens is 292 g/mol. The summed E-state index contributed by atoms with van der Waals surface area (Å²) in [5.41, 5.74) is 0.449. The number of rotatable bonds is 7. The fourth-order valence-electron chi connectivity index (χ4n) is 1.12. The van der Waals surface area contributed by atoms with Crippen LogP contribution in [0.4, 0.5) is 0 Å². The number of halogens is 1. The number of carbonyl (C=O) groups excluding carboxylic acids is 1. The zero-order chi connectivity index (χ0) is 12.7. The molecule has 0 radical (unpaired) electrons. The molecule has 6 heteroatoms. The Balaban J connectivity index is 2.98. The van der Waals surface area contributed by atoms with Crippen molar-refractivity contribution in [2.45, 2.75) is 0 Å². The van der Waals surface area contributed by atoms with Crippen LogP contribution in [0.2, 0.25) is 0 Å². The predicted molar refractivity (Wildman–Crippen MR) is 64.5 cm³/mol. The monoisotopic (exact) mass is 304 g/mol. The summed E-state index contributed by atoms with van der Waals surface area (Å²) >= 11 is 3.33. The van der Waals surface area contributed by atoms with E-state index in [1.807, 2.05) is 0 Å². The number of methoxy groups -OCH3 is 2. The molecule has 0 fully saturated rings. The number of carbonyl (C=O) groups is 1. The fourth-order valence-corrected chi connectivity index (χ4v) is 1.57. The van der Waals surface area contributed by atoms with Gasteiger partial charge in [0.25, 0.3) is 0 Å². The Morgan fingerprint density at radius 2 is 1.59 bits per heavy atom. The van der Waals surface area contributed by atoms with Crippen LogP contribution in [0.5, 0.6) is 11.5 Å². The Bertz CT molecular complexity index is 351. The first-order chi connectivity index (χ1) is 8.22. The van der Waals surface area contributed by atoms with Crippen molar-refractivity contribution < 1.29 is 23.7 Å². The van der Waals surface area contributed by atoms with Crippen LogP contribution >= 0.6 is 15.9 Å². The molecule has 0 saturated carbocycles. The number of ether oxygens (including phenoxy) is 4. The summed E-state index contributed by atoms with van der Waals surface area (Å²) in [6, 6.07) is 3.19. The Morgan fingerprint density at radius 1 is 1.12 bits per heavy atom. The van der Waals surface area contributed by atoms with Gasteiger partial charge in [0.15, 0.2) is 13.6 Å². The molecule has 94 valence electrons. The minimum atomic E-state index is 0.0879. The topological polar surface area (TPSA) is 54.0 Å². The summed E-state index contributed by atoms with van der Waals surface area (Å²) in [5, 5.41) is 0. The second-order valence-electron chi connectivity index (χ2n) is 3.05. The average molecular weight is 305 g/mol. The molecule has 0 bridgehead atoms. The van der Waals surface area contributed by atoms with Crippen molar-refractivity contribution in [2.75, 3.05) is 27.8 Å². The maximum absolute atomic E-state index is 10.8. The summed E-state index contributed by atoms with van der Waals surface area (Å²) in [7, 11) is 3.03. The Hall–Kier alpha value is -1.11. The number of hydrogen-bond acceptors (Lipinski definition) is 5. The zero-order valence-corrected chi connectivity index (χ0v) is 11.2. The van der Waals surface area contributed by atoms with E-state index < -0.39 is 0 Å². The lowest BCUT2D eigenvalue weighted by Crippen LogP contribution is -2.04. The molecule has 0 spiro atoms. The third-order valence-electron chi connectivity index (χ3n) is 1.83. The average Bonchev–Trinajstić information content (AvgIpc) is 2.36. The normalized spacial score (nSPS) is 10.1. The summed E-state index contributed by atoms with van der Waals surface area (Å²) in [5.74, 6) is 0.949. The molecule has 1 rings (SSSR count). The summed E-state index contributed by atoms with van der Waals surface area (Å²) in [6.07, 6.45) is 0.714. The molecule has 0 saturated heterocycles. The molecule has 0 amide bonds. The molecule has 17 heavy (non-hydrogen) atoms. The largest absolute Gasteiger partial charge is 0.466 e. The van der Waals surface area contributed by atoms with Crippen molar-refractivity contribution >= 4 is 22.2 Å². The maximum atomic E-state index is 10.8. The van der Waals surface area contributed by atoms with E-state index in [-0.39, 0.29) is 13.6 Å². The maximum Gasteiger partial charge on any atom is 0.188 e. The number of benzene rings is 1. The van der Waals surface area contributed by atoms with Gasteiger partial charge in [0.05, 0.1) is 0 Å². The van der Waals surface area contributed by atoms with Gasteiger partial charge in [-0.05, 0) is 28.1 Å². The summed E-state index contributed by atoms with van der Waals surface area (Å²) in [4.78, 5) is 10.8. The molecule has 0 aliphatic rings. The van der Waals surface area contributed by atoms with E-state index in [1.165, 1.54) is 14.2 Å². The molecule has 0 heterocycles. The molecule has 0 atom stereocenters. The van der Waals surface area contributed by atoms with Crippen LogP contribution in [0.3, 0.4) is 0 Å². The van der Waals surface area contributed by atoms with E-state index in [4.69, 9.17) is 18.9 Å². The van der Waals surface area contributed by atoms with Gasteiger partial charge in [-0.2, -0.15) is 0 Å². The van der Waals surface area contributed by atoms with E-state index in [0.29, 0.717) is 27.8 Å². The molecule has 1 aromatic rings. The summed E-state index contributed by atoms with van der Waals surface area (Å²) < 4.78 is 20.8. The van der Waals surface area contributed by atoms with Crippen molar-refractivity contribution in [2.24, 2.45) is 0 Å². The van der Waals surface area contributed by atoms with Gasteiger partial charge in [0, 0.05) is 19.8 Å². The van der Waals surface area contributed by atoms with Crippen molar-refractivity contribution in [1.82, 2.24) is 0 Å². The second-order valence-corrected chi connectivity index (χ2v) is 3.84. The van der Waals surface area contributed by atoms with Crippen LogP contribution in [-0.4, -0.2) is 34.1 Å². The molecule has 0 aliphatic heterocycles. The zero-order valence-electron chi connectivity index (χ0n) is 9.57. The molecule has 0 N–H and O–H groups in total. The number of hydrogen-bond donors (Lipinski definition) is 0. The van der Waals surface area contributed by atoms with Gasteiger partial charge in [0.1, 0.15) is 22.3 Å². The lowest BCUT2D eigenvalue weighted by molar-refractivity contribution is 0.0448. The quantitative estimate of drug-likeness (QED) is 0.571. The van der Waals surface area contributed by atoms with E-state index in [2.05, 4.69) is 15.9 Å².